The zero-order valence-electron chi connectivity index (χ0n) is 22.9. The number of hydrogen-bond donors (Lipinski definition) is 1. The lowest BCUT2D eigenvalue weighted by Crippen LogP contribution is -2.42. The highest BCUT2D eigenvalue weighted by Gasteiger charge is 2.46. The number of methoxy groups -OCH3 is 4. The first kappa shape index (κ1) is 27.1. The summed E-state index contributed by atoms with van der Waals surface area (Å²) in [5.41, 5.74) is 3.41. The zero-order valence-corrected chi connectivity index (χ0v) is 22.9. The third kappa shape index (κ3) is 5.08. The number of hydrogen-bond acceptors (Lipinski definition) is 8. The van der Waals surface area contributed by atoms with Gasteiger partial charge in [-0.15, -0.1) is 0 Å². The van der Waals surface area contributed by atoms with Crippen molar-refractivity contribution in [3.05, 3.63) is 70.6 Å². The third-order valence-electron chi connectivity index (χ3n) is 7.03. The zero-order chi connectivity index (χ0) is 27.6. The van der Waals surface area contributed by atoms with Crippen LogP contribution in [0.2, 0.25) is 0 Å². The van der Waals surface area contributed by atoms with E-state index >= 15 is 0 Å². The fourth-order valence-electron chi connectivity index (χ4n) is 5.34. The van der Waals surface area contributed by atoms with E-state index in [9.17, 15) is 9.59 Å². The van der Waals surface area contributed by atoms with E-state index in [4.69, 9.17) is 23.7 Å². The van der Waals surface area contributed by atoms with Gasteiger partial charge >= 0.3 is 5.97 Å². The molecule has 0 bridgehead atoms. The number of carbonyl (C=O) groups excluding carboxylic acids is 2. The number of rotatable bonds is 8. The monoisotopic (exact) mass is 521 g/mol. The maximum Gasteiger partial charge on any atom is 0.336 e. The highest BCUT2D eigenvalue weighted by Crippen LogP contribution is 2.49. The number of Topliss-reactive ketones (excluding diaryl/α,β-unsaturated/α-hetero) is 1. The van der Waals surface area contributed by atoms with Crippen LogP contribution in [0.25, 0.3) is 0 Å². The van der Waals surface area contributed by atoms with Crippen molar-refractivity contribution in [1.82, 2.24) is 5.32 Å². The third-order valence-corrected chi connectivity index (χ3v) is 7.03. The van der Waals surface area contributed by atoms with Gasteiger partial charge in [0.05, 0.1) is 46.0 Å². The molecule has 1 aliphatic heterocycles. The van der Waals surface area contributed by atoms with Crippen LogP contribution in [-0.2, 0) is 14.3 Å². The molecule has 0 aromatic heterocycles. The summed E-state index contributed by atoms with van der Waals surface area (Å²) < 4.78 is 27.7. The van der Waals surface area contributed by atoms with Gasteiger partial charge in [0, 0.05) is 35.2 Å². The van der Waals surface area contributed by atoms with Crippen molar-refractivity contribution in [3.63, 3.8) is 0 Å². The Balaban J connectivity index is 1.87. The van der Waals surface area contributed by atoms with Crippen LogP contribution in [-0.4, -0.2) is 46.3 Å². The first-order valence-electron chi connectivity index (χ1n) is 12.6. The van der Waals surface area contributed by atoms with Crippen LogP contribution < -0.4 is 24.3 Å². The quantitative estimate of drug-likeness (QED) is 0.491. The van der Waals surface area contributed by atoms with Gasteiger partial charge in [-0.25, -0.2) is 4.79 Å². The molecule has 2 aromatic carbocycles. The second-order valence-corrected chi connectivity index (χ2v) is 9.69. The Morgan fingerprint density at radius 3 is 2.21 bits per heavy atom. The molecule has 3 atom stereocenters. The predicted molar refractivity (Wildman–Crippen MR) is 143 cm³/mol. The molecule has 2 aromatic rings. The molecule has 1 aliphatic carbocycles. The summed E-state index contributed by atoms with van der Waals surface area (Å²) in [5, 5.41) is 3.36. The largest absolute Gasteiger partial charge is 0.497 e. The molecule has 8 nitrogen and oxygen atoms in total. The minimum absolute atomic E-state index is 0.00649. The second kappa shape index (κ2) is 11.2. The Kier molecular flexibility index (Phi) is 7.99. The molecule has 0 amide bonds. The maximum atomic E-state index is 13.9. The van der Waals surface area contributed by atoms with Crippen LogP contribution in [0, 0.1) is 5.92 Å². The number of carbonyl (C=O) groups is 2. The van der Waals surface area contributed by atoms with Crippen molar-refractivity contribution in [1.29, 1.82) is 0 Å². The summed E-state index contributed by atoms with van der Waals surface area (Å²) in [6.07, 6.45) is 2.02. The fraction of sp³-hybridized carbons (Fsp3) is 0.400. The summed E-state index contributed by atoms with van der Waals surface area (Å²) in [4.78, 5) is 27.3. The predicted octanol–water partition coefficient (Wildman–Crippen LogP) is 4.89. The molecule has 202 valence electrons. The highest BCUT2D eigenvalue weighted by molar-refractivity contribution is 5.96. The van der Waals surface area contributed by atoms with E-state index in [0.717, 1.165) is 11.3 Å². The molecule has 3 unspecified atom stereocenters. The van der Waals surface area contributed by atoms with Crippen LogP contribution in [0.3, 0.4) is 0 Å². The van der Waals surface area contributed by atoms with Gasteiger partial charge in [0.1, 0.15) is 17.3 Å². The first-order valence-corrected chi connectivity index (χ1v) is 12.6. The molecule has 1 heterocycles. The summed E-state index contributed by atoms with van der Waals surface area (Å²) in [7, 11) is 6.32. The number of ether oxygens (including phenoxy) is 5. The standard InChI is InChI=1S/C30H35NO7/c1-16(2)38-30(33)27-17(3)31-22-12-19(18-8-10-25(36-6)26(14-18)37-7)13-23(32)29(22)28(27)21-15-20(34-4)9-11-24(21)35-5/h8-12,14-16,19,28-29,31H,13H2,1-7H3. The Morgan fingerprint density at radius 1 is 0.895 bits per heavy atom. The van der Waals surface area contributed by atoms with Gasteiger partial charge in [-0.2, -0.15) is 0 Å². The van der Waals surface area contributed by atoms with E-state index in [0.29, 0.717) is 39.8 Å². The Morgan fingerprint density at radius 2 is 1.58 bits per heavy atom. The van der Waals surface area contributed by atoms with Crippen molar-refractivity contribution in [2.24, 2.45) is 5.92 Å². The lowest BCUT2D eigenvalue weighted by Gasteiger charge is -2.40. The number of allylic oxidation sites excluding steroid dienone is 3. The lowest BCUT2D eigenvalue weighted by molar-refractivity contribution is -0.143. The summed E-state index contributed by atoms with van der Waals surface area (Å²) in [6.45, 7) is 5.43. The molecule has 0 saturated heterocycles. The normalized spacial score (nSPS) is 20.8. The fourth-order valence-corrected chi connectivity index (χ4v) is 5.34. The molecule has 0 saturated carbocycles. The second-order valence-electron chi connectivity index (χ2n) is 9.69. The van der Waals surface area contributed by atoms with Gasteiger partial charge in [-0.05, 0) is 56.7 Å². The number of ketones is 1. The highest BCUT2D eigenvalue weighted by atomic mass is 16.5. The molecule has 1 N–H and O–H groups in total. The van der Waals surface area contributed by atoms with Crippen LogP contribution in [0.5, 0.6) is 23.0 Å². The van der Waals surface area contributed by atoms with Crippen LogP contribution in [0.15, 0.2) is 59.4 Å². The average molecular weight is 522 g/mol. The molecule has 0 spiro atoms. The molecule has 38 heavy (non-hydrogen) atoms. The van der Waals surface area contributed by atoms with Crippen molar-refractivity contribution in [2.75, 3.05) is 28.4 Å². The van der Waals surface area contributed by atoms with E-state index in [-0.39, 0.29) is 24.2 Å². The van der Waals surface area contributed by atoms with E-state index in [1.54, 1.807) is 54.4 Å². The van der Waals surface area contributed by atoms with E-state index in [1.807, 2.05) is 31.2 Å². The first-order chi connectivity index (χ1) is 18.2. The minimum Gasteiger partial charge on any atom is -0.497 e. The van der Waals surface area contributed by atoms with E-state index < -0.39 is 17.8 Å². The number of benzene rings is 2. The van der Waals surface area contributed by atoms with Gasteiger partial charge in [-0.1, -0.05) is 12.1 Å². The molecular weight excluding hydrogens is 486 g/mol. The van der Waals surface area contributed by atoms with Gasteiger partial charge in [-0.3, -0.25) is 4.79 Å². The van der Waals surface area contributed by atoms with Gasteiger partial charge in [0.2, 0.25) is 0 Å². The Hall–Kier alpha value is -3.94. The van der Waals surface area contributed by atoms with Crippen molar-refractivity contribution < 1.29 is 33.3 Å². The minimum atomic E-state index is -0.620. The summed E-state index contributed by atoms with van der Waals surface area (Å²) in [6, 6.07) is 11.1. The molecular formula is C30H35NO7. The summed E-state index contributed by atoms with van der Waals surface area (Å²) in [5.74, 6) is 0.524. The van der Waals surface area contributed by atoms with Crippen LogP contribution in [0.1, 0.15) is 50.2 Å². The Labute approximate surface area is 223 Å². The molecule has 0 radical (unpaired) electrons. The van der Waals surface area contributed by atoms with Gasteiger partial charge in [0.15, 0.2) is 11.5 Å². The van der Waals surface area contributed by atoms with Gasteiger partial charge < -0.3 is 29.0 Å². The molecule has 2 aliphatic rings. The molecule has 0 fully saturated rings. The van der Waals surface area contributed by atoms with E-state index in [1.165, 1.54) is 0 Å². The maximum absolute atomic E-state index is 13.9. The van der Waals surface area contributed by atoms with Crippen molar-refractivity contribution in [3.8, 4) is 23.0 Å². The number of fused-ring (bicyclic) bond motifs is 1. The topological polar surface area (TPSA) is 92.3 Å². The lowest BCUT2D eigenvalue weighted by atomic mass is 9.68. The number of esters is 1. The SMILES string of the molecule is COc1ccc(OC)c(C2C(C(=O)OC(C)C)=C(C)NC3=CC(c4ccc(OC)c(OC)c4)CC(=O)C32)c1. The van der Waals surface area contributed by atoms with E-state index in [2.05, 4.69) is 11.4 Å². The van der Waals surface area contributed by atoms with Crippen LogP contribution in [0.4, 0.5) is 0 Å². The number of nitrogens with one attached hydrogen (secondary N) is 1. The average Bonchev–Trinajstić information content (AvgIpc) is 2.90. The van der Waals surface area contributed by atoms with Crippen molar-refractivity contribution in [2.45, 2.75) is 45.1 Å². The molecule has 4 rings (SSSR count). The Bertz CT molecular complexity index is 1290. The van der Waals surface area contributed by atoms with Gasteiger partial charge in [0.25, 0.3) is 0 Å². The summed E-state index contributed by atoms with van der Waals surface area (Å²) >= 11 is 0. The van der Waals surface area contributed by atoms with Crippen LogP contribution >= 0.6 is 0 Å². The van der Waals surface area contributed by atoms with Crippen molar-refractivity contribution >= 4 is 11.8 Å². The molecule has 8 heteroatoms. The smallest absolute Gasteiger partial charge is 0.336 e.